The van der Waals surface area contributed by atoms with Crippen LogP contribution >= 0.6 is 0 Å². The van der Waals surface area contributed by atoms with Crippen LogP contribution in [-0.4, -0.2) is 27.1 Å². The van der Waals surface area contributed by atoms with E-state index in [1.807, 2.05) is 20.8 Å². The summed E-state index contributed by atoms with van der Waals surface area (Å²) in [7, 11) is 0. The Morgan fingerprint density at radius 1 is 1.44 bits per heavy atom. The largest absolute Gasteiger partial charge is 0.481 e. The Bertz CT molecular complexity index is 393. The van der Waals surface area contributed by atoms with Crippen LogP contribution in [0.1, 0.15) is 25.2 Å². The second kappa shape index (κ2) is 4.92. The highest BCUT2D eigenvalue weighted by molar-refractivity contribution is 5.71. The fourth-order valence-electron chi connectivity index (χ4n) is 1.23. The molecule has 1 aromatic heterocycles. The van der Waals surface area contributed by atoms with Gasteiger partial charge in [0.15, 0.2) is 0 Å². The minimum absolute atomic E-state index is 0.188. The van der Waals surface area contributed by atoms with Gasteiger partial charge in [0.05, 0.1) is 17.3 Å². The molecule has 0 bridgehead atoms. The van der Waals surface area contributed by atoms with Gasteiger partial charge in [0.2, 0.25) is 0 Å². The van der Waals surface area contributed by atoms with Crippen LogP contribution in [0.4, 0.5) is 5.82 Å². The second-order valence-electron chi connectivity index (χ2n) is 4.01. The predicted octanol–water partition coefficient (Wildman–Crippen LogP) is 1.61. The number of aryl methyl sites for hydroxylation is 2. The molecule has 0 aliphatic carbocycles. The summed E-state index contributed by atoms with van der Waals surface area (Å²) in [6.45, 7) is 7.18. The van der Waals surface area contributed by atoms with Crippen LogP contribution in [0.3, 0.4) is 0 Å². The molecule has 0 aliphatic heterocycles. The number of hydrogen-bond acceptors (Lipinski definition) is 4. The monoisotopic (exact) mass is 223 g/mol. The quantitative estimate of drug-likeness (QED) is 0.811. The van der Waals surface area contributed by atoms with Gasteiger partial charge in [-0.15, -0.1) is 0 Å². The minimum Gasteiger partial charge on any atom is -0.481 e. The van der Waals surface area contributed by atoms with Gasteiger partial charge in [0.25, 0.3) is 0 Å². The number of anilines is 1. The van der Waals surface area contributed by atoms with Crippen molar-refractivity contribution in [1.82, 2.24) is 9.97 Å². The number of nitrogens with one attached hydrogen (secondary N) is 1. The van der Waals surface area contributed by atoms with E-state index in [2.05, 4.69) is 15.3 Å². The van der Waals surface area contributed by atoms with Gasteiger partial charge in [-0.25, -0.2) is 4.98 Å². The summed E-state index contributed by atoms with van der Waals surface area (Å²) in [5.41, 5.74) is 1.58. The molecule has 0 amide bonds. The molecule has 1 aromatic rings. The van der Waals surface area contributed by atoms with E-state index in [0.29, 0.717) is 5.82 Å². The summed E-state index contributed by atoms with van der Waals surface area (Å²) in [5.74, 6) is -0.638. The molecule has 0 saturated heterocycles. The van der Waals surface area contributed by atoms with Gasteiger partial charge in [-0.3, -0.25) is 9.78 Å². The SMILES string of the molecule is Cc1cnc(C)c(NC(C)C(C)C(=O)O)n1. The van der Waals surface area contributed by atoms with Crippen molar-refractivity contribution in [3.05, 3.63) is 17.6 Å². The lowest BCUT2D eigenvalue weighted by atomic mass is 10.0. The van der Waals surface area contributed by atoms with Crippen LogP contribution in [0.5, 0.6) is 0 Å². The molecule has 5 heteroatoms. The van der Waals surface area contributed by atoms with Crippen molar-refractivity contribution in [3.8, 4) is 0 Å². The maximum absolute atomic E-state index is 10.8. The average Bonchev–Trinajstić information content (AvgIpc) is 2.22. The molecule has 1 rings (SSSR count). The first-order valence-electron chi connectivity index (χ1n) is 5.21. The molecule has 5 nitrogen and oxygen atoms in total. The van der Waals surface area contributed by atoms with Crippen molar-refractivity contribution < 1.29 is 9.90 Å². The van der Waals surface area contributed by atoms with Crippen LogP contribution in [-0.2, 0) is 4.79 Å². The summed E-state index contributed by atoms with van der Waals surface area (Å²) in [5, 5.41) is 12.0. The minimum atomic E-state index is -0.821. The van der Waals surface area contributed by atoms with Gasteiger partial charge in [-0.2, -0.15) is 0 Å². The molecule has 1 heterocycles. The average molecular weight is 223 g/mol. The van der Waals surface area contributed by atoms with E-state index in [1.54, 1.807) is 13.1 Å². The van der Waals surface area contributed by atoms with Gasteiger partial charge in [-0.05, 0) is 27.7 Å². The summed E-state index contributed by atoms with van der Waals surface area (Å²) in [6, 6.07) is -0.188. The Morgan fingerprint density at radius 2 is 2.06 bits per heavy atom. The van der Waals surface area contributed by atoms with Gasteiger partial charge < -0.3 is 10.4 Å². The zero-order chi connectivity index (χ0) is 12.3. The van der Waals surface area contributed by atoms with E-state index >= 15 is 0 Å². The number of carboxylic acids is 1. The normalized spacial score (nSPS) is 14.2. The number of nitrogens with zero attached hydrogens (tertiary/aromatic N) is 2. The van der Waals surface area contributed by atoms with Crippen LogP contribution in [0, 0.1) is 19.8 Å². The lowest BCUT2D eigenvalue weighted by Gasteiger charge is -2.19. The molecular formula is C11H17N3O2. The Hall–Kier alpha value is -1.65. The first-order chi connectivity index (χ1) is 7.41. The van der Waals surface area contributed by atoms with Crippen LogP contribution in [0.2, 0.25) is 0 Å². The Kier molecular flexibility index (Phi) is 3.82. The Morgan fingerprint density at radius 3 is 2.62 bits per heavy atom. The molecule has 0 fully saturated rings. The Labute approximate surface area is 94.9 Å². The number of aromatic nitrogens is 2. The Balaban J connectivity index is 2.80. The lowest BCUT2D eigenvalue weighted by molar-refractivity contribution is -0.141. The number of aliphatic carboxylic acids is 1. The predicted molar refractivity (Wildman–Crippen MR) is 61.4 cm³/mol. The van der Waals surface area contributed by atoms with Gasteiger partial charge in [0, 0.05) is 12.2 Å². The summed E-state index contributed by atoms with van der Waals surface area (Å²) in [4.78, 5) is 19.3. The lowest BCUT2D eigenvalue weighted by Crippen LogP contribution is -2.30. The van der Waals surface area contributed by atoms with E-state index in [1.165, 1.54) is 0 Å². The van der Waals surface area contributed by atoms with Crippen molar-refractivity contribution >= 4 is 11.8 Å². The van der Waals surface area contributed by atoms with Crippen LogP contribution in [0.15, 0.2) is 6.20 Å². The molecule has 0 aliphatic rings. The molecule has 88 valence electrons. The highest BCUT2D eigenvalue weighted by Crippen LogP contribution is 2.13. The standard InChI is InChI=1S/C11H17N3O2/c1-6-5-12-9(4)10(13-6)14-8(3)7(2)11(15)16/h5,7-8H,1-4H3,(H,13,14)(H,15,16). The molecular weight excluding hydrogens is 206 g/mol. The molecule has 2 atom stereocenters. The zero-order valence-corrected chi connectivity index (χ0v) is 9.98. The molecule has 2 unspecified atom stereocenters. The van der Waals surface area contributed by atoms with Gasteiger partial charge >= 0.3 is 5.97 Å². The second-order valence-corrected chi connectivity index (χ2v) is 4.01. The van der Waals surface area contributed by atoms with E-state index in [-0.39, 0.29) is 6.04 Å². The molecule has 2 N–H and O–H groups in total. The van der Waals surface area contributed by atoms with Crippen molar-refractivity contribution in [3.63, 3.8) is 0 Å². The zero-order valence-electron chi connectivity index (χ0n) is 9.98. The number of carbonyl (C=O) groups is 1. The fourth-order valence-corrected chi connectivity index (χ4v) is 1.23. The number of rotatable bonds is 4. The summed E-state index contributed by atoms with van der Waals surface area (Å²) in [6.07, 6.45) is 1.69. The molecule has 0 spiro atoms. The highest BCUT2D eigenvalue weighted by atomic mass is 16.4. The molecule has 0 radical (unpaired) electrons. The fraction of sp³-hybridized carbons (Fsp3) is 0.545. The maximum atomic E-state index is 10.8. The van der Waals surface area contributed by atoms with E-state index in [4.69, 9.17) is 5.11 Å². The van der Waals surface area contributed by atoms with E-state index < -0.39 is 11.9 Å². The molecule has 16 heavy (non-hydrogen) atoms. The smallest absolute Gasteiger partial charge is 0.308 e. The maximum Gasteiger partial charge on any atom is 0.308 e. The molecule has 0 aromatic carbocycles. The summed E-state index contributed by atoms with van der Waals surface area (Å²) >= 11 is 0. The van der Waals surface area contributed by atoms with Crippen LogP contribution in [0.25, 0.3) is 0 Å². The first-order valence-corrected chi connectivity index (χ1v) is 5.21. The van der Waals surface area contributed by atoms with Crippen LogP contribution < -0.4 is 5.32 Å². The number of carboxylic acid groups (broad SMARTS) is 1. The van der Waals surface area contributed by atoms with Crippen molar-refractivity contribution in [2.24, 2.45) is 5.92 Å². The highest BCUT2D eigenvalue weighted by Gasteiger charge is 2.20. The third kappa shape index (κ3) is 2.92. The topological polar surface area (TPSA) is 75.1 Å². The third-order valence-electron chi connectivity index (χ3n) is 2.58. The third-order valence-corrected chi connectivity index (χ3v) is 2.58. The van der Waals surface area contributed by atoms with E-state index in [0.717, 1.165) is 11.4 Å². The first kappa shape index (κ1) is 12.4. The van der Waals surface area contributed by atoms with Crippen molar-refractivity contribution in [2.75, 3.05) is 5.32 Å². The van der Waals surface area contributed by atoms with E-state index in [9.17, 15) is 4.79 Å². The number of hydrogen-bond donors (Lipinski definition) is 2. The van der Waals surface area contributed by atoms with Crippen molar-refractivity contribution in [2.45, 2.75) is 33.7 Å². The van der Waals surface area contributed by atoms with Gasteiger partial charge in [-0.1, -0.05) is 0 Å². The summed E-state index contributed by atoms with van der Waals surface area (Å²) < 4.78 is 0. The van der Waals surface area contributed by atoms with Gasteiger partial charge in [0.1, 0.15) is 5.82 Å². The molecule has 0 saturated carbocycles. The van der Waals surface area contributed by atoms with Crippen molar-refractivity contribution in [1.29, 1.82) is 0 Å².